The van der Waals surface area contributed by atoms with Crippen LogP contribution in [0.25, 0.3) is 0 Å². The van der Waals surface area contributed by atoms with E-state index in [-0.39, 0.29) is 37.4 Å². The minimum atomic E-state index is -1.05. The van der Waals surface area contributed by atoms with Crippen molar-refractivity contribution in [1.82, 2.24) is 0 Å². The lowest BCUT2D eigenvalue weighted by molar-refractivity contribution is -0.141. The zero-order valence-corrected chi connectivity index (χ0v) is 16.1. The predicted molar refractivity (Wildman–Crippen MR) is 110 cm³/mol. The Morgan fingerprint density at radius 2 is 2.15 bits per heavy atom. The van der Waals surface area contributed by atoms with E-state index in [0.717, 1.165) is 6.42 Å². The molecule has 7 atom stereocenters. The molecule has 2 aliphatic rings. The molecule has 1 aliphatic carbocycles. The van der Waals surface area contributed by atoms with Crippen LogP contribution in [-0.2, 0) is 20.5 Å². The maximum atomic E-state index is 11.6. The van der Waals surface area contributed by atoms with Crippen LogP contribution in [0.5, 0.6) is 0 Å². The molecule has 26 heavy (non-hydrogen) atoms. The molecule has 4 nitrogen and oxygen atoms in total. The van der Waals surface area contributed by atoms with Gasteiger partial charge in [0.25, 0.3) is 0 Å². The molecular weight excluding hydrogens is 365 g/mol. The first-order valence-electron chi connectivity index (χ1n) is 8.59. The number of ether oxygens (including phenoxy) is 1. The highest BCUT2D eigenvalue weighted by molar-refractivity contribution is 8.23. The summed E-state index contributed by atoms with van der Waals surface area (Å²) < 4.78 is 11.2. The van der Waals surface area contributed by atoms with Crippen LogP contribution >= 0.6 is 16.6 Å². The van der Waals surface area contributed by atoms with Gasteiger partial charge in [0.1, 0.15) is 6.10 Å². The maximum absolute atomic E-state index is 11.6. The van der Waals surface area contributed by atoms with Gasteiger partial charge in [-0.15, -0.1) is 0 Å². The lowest BCUT2D eigenvalue weighted by atomic mass is 9.91. The largest absolute Gasteiger partial charge is 0.462 e. The molecule has 0 aromatic heterocycles. The van der Waals surface area contributed by atoms with Crippen molar-refractivity contribution in [3.63, 3.8) is 0 Å². The average Bonchev–Trinajstić information content (AvgIpc) is 3.07. The Kier molecular flexibility index (Phi) is 8.29. The number of hydrogen-bond acceptors (Lipinski definition) is 4. The molecule has 0 bridgehead atoms. The molecule has 1 saturated carbocycles. The summed E-state index contributed by atoms with van der Waals surface area (Å²) in [6.45, 7) is 0. The normalized spacial score (nSPS) is 29.8. The van der Waals surface area contributed by atoms with E-state index in [9.17, 15) is 9.90 Å². The van der Waals surface area contributed by atoms with Gasteiger partial charge in [-0.25, -0.2) is 0 Å². The number of rotatable bonds is 7. The van der Waals surface area contributed by atoms with Crippen molar-refractivity contribution in [2.24, 2.45) is 11.8 Å². The highest BCUT2D eigenvalue weighted by Gasteiger charge is 2.49. The van der Waals surface area contributed by atoms with E-state index in [2.05, 4.69) is 21.1 Å². The van der Waals surface area contributed by atoms with E-state index in [0.29, 0.717) is 19.3 Å². The van der Waals surface area contributed by atoms with Crippen LogP contribution in [0.3, 0.4) is 0 Å². The van der Waals surface area contributed by atoms with Crippen molar-refractivity contribution in [2.45, 2.75) is 51.4 Å². The van der Waals surface area contributed by atoms with Gasteiger partial charge in [-0.3, -0.25) is 4.79 Å². The molecule has 1 aliphatic heterocycles. The molecule has 2 radical (unpaired) electrons. The van der Waals surface area contributed by atoms with Crippen LogP contribution < -0.4 is 0 Å². The second kappa shape index (κ2) is 9.99. The van der Waals surface area contributed by atoms with Crippen LogP contribution in [0.1, 0.15) is 32.3 Å². The third-order valence-electron chi connectivity index (χ3n) is 4.94. The summed E-state index contributed by atoms with van der Waals surface area (Å²) in [4.78, 5) is 11.6. The number of hydrogen-bond donors (Lipinski definition) is 1. The van der Waals surface area contributed by atoms with Gasteiger partial charge in [0.15, 0.2) is 7.57 Å². The summed E-state index contributed by atoms with van der Waals surface area (Å²) in [6, 6.07) is 10.1. The van der Waals surface area contributed by atoms with Gasteiger partial charge >= 0.3 is 5.97 Å². The Morgan fingerprint density at radius 3 is 2.85 bits per heavy atom. The molecule has 140 valence electrons. The molecular formula is C19H27BO4P2. The van der Waals surface area contributed by atoms with Crippen LogP contribution in [0.2, 0.25) is 0 Å². The van der Waals surface area contributed by atoms with Gasteiger partial charge in [-0.2, -0.15) is 0 Å². The van der Waals surface area contributed by atoms with Gasteiger partial charge in [0, 0.05) is 18.3 Å². The molecule has 1 aromatic rings. The Balaban J connectivity index is 0.00000243. The Hall–Kier alpha value is -0.725. The fourth-order valence-electron chi connectivity index (χ4n) is 3.75. The Labute approximate surface area is 161 Å². The molecule has 7 heteroatoms. The van der Waals surface area contributed by atoms with Gasteiger partial charge in [-0.1, -0.05) is 58.8 Å². The number of carbonyl (C=O) groups excluding carboxylic acids is 1. The van der Waals surface area contributed by atoms with E-state index in [4.69, 9.17) is 16.8 Å². The number of aliphatic hydroxyl groups excluding tert-OH is 1. The molecule has 1 saturated heterocycles. The Bertz CT molecular complexity index is 611. The van der Waals surface area contributed by atoms with Gasteiger partial charge in [0.05, 0.1) is 18.6 Å². The van der Waals surface area contributed by atoms with Crippen molar-refractivity contribution >= 4 is 30.2 Å². The van der Waals surface area contributed by atoms with Gasteiger partial charge < -0.3 is 14.4 Å². The highest BCUT2D eigenvalue weighted by atomic mass is 32.0. The topological polar surface area (TPSA) is 55.8 Å². The van der Waals surface area contributed by atoms with Crippen molar-refractivity contribution in [1.29, 1.82) is 0 Å². The first-order valence-corrected chi connectivity index (χ1v) is 11.5. The summed E-state index contributed by atoms with van der Waals surface area (Å²) in [5.74, 6) is 0.0318. The third kappa shape index (κ3) is 5.63. The number of carbonyl (C=O) groups is 1. The first kappa shape index (κ1) is 21.6. The van der Waals surface area contributed by atoms with Crippen molar-refractivity contribution in [3.8, 4) is 0 Å². The summed E-state index contributed by atoms with van der Waals surface area (Å²) in [5.41, 5.74) is 1.21. The smallest absolute Gasteiger partial charge is 0.306 e. The summed E-state index contributed by atoms with van der Waals surface area (Å²) in [6.07, 6.45) is 5.73. The molecule has 3 rings (SSSR count). The fourth-order valence-corrected chi connectivity index (χ4v) is 4.75. The number of aliphatic hydroxyl groups is 1. The zero-order valence-electron chi connectivity index (χ0n) is 14.0. The SMILES string of the molecule is C.[B]P(P)OC1CC2OC(=O)CC2[C@H]1/C=C/C(O)CCc1ccccc1. The average molecular weight is 392 g/mol. The van der Waals surface area contributed by atoms with Crippen LogP contribution in [0.15, 0.2) is 42.5 Å². The number of aryl methyl sites for hydroxylation is 1. The minimum absolute atomic E-state index is 0. The molecule has 0 amide bonds. The van der Waals surface area contributed by atoms with Crippen LogP contribution in [0, 0.1) is 11.8 Å². The Morgan fingerprint density at radius 1 is 1.42 bits per heavy atom. The lowest BCUT2D eigenvalue weighted by Gasteiger charge is -2.22. The van der Waals surface area contributed by atoms with Gasteiger partial charge in [0.2, 0.25) is 0 Å². The fraction of sp³-hybridized carbons (Fsp3) is 0.526. The third-order valence-corrected chi connectivity index (χ3v) is 5.81. The lowest BCUT2D eigenvalue weighted by Crippen LogP contribution is -2.20. The molecule has 2 fully saturated rings. The number of fused-ring (bicyclic) bond motifs is 1. The van der Waals surface area contributed by atoms with E-state index in [1.54, 1.807) is 0 Å². The monoisotopic (exact) mass is 392 g/mol. The minimum Gasteiger partial charge on any atom is -0.462 e. The molecule has 6 unspecified atom stereocenters. The van der Waals surface area contributed by atoms with Crippen molar-refractivity contribution in [2.75, 3.05) is 0 Å². The zero-order chi connectivity index (χ0) is 17.8. The maximum Gasteiger partial charge on any atom is 0.306 e. The molecule has 1 N–H and O–H groups in total. The highest BCUT2D eigenvalue weighted by Crippen LogP contribution is 2.50. The van der Waals surface area contributed by atoms with E-state index in [1.165, 1.54) is 5.56 Å². The second-order valence-electron chi connectivity index (χ2n) is 6.69. The molecule has 0 spiro atoms. The van der Waals surface area contributed by atoms with Crippen LogP contribution in [-0.4, -0.2) is 37.0 Å². The summed E-state index contributed by atoms with van der Waals surface area (Å²) >= 11 is 0. The standard InChI is InChI=1S/C18H23BO4P2.CH4/c19-25(24)23-17-11-16-15(10-18(21)22-16)14(17)9-8-13(20)7-6-12-4-2-1-3-5-12;/h1-5,8-9,13-17,20H,6-7,10-11,24H2;1H4/b9-8+;/t13?,14-,15?,16?,17?,25?;/m1./s1. The number of benzene rings is 1. The van der Waals surface area contributed by atoms with Crippen LogP contribution in [0.4, 0.5) is 0 Å². The van der Waals surface area contributed by atoms with Gasteiger partial charge in [-0.05, 0) is 26.1 Å². The molecule has 1 aromatic carbocycles. The van der Waals surface area contributed by atoms with E-state index < -0.39 is 13.8 Å². The van der Waals surface area contributed by atoms with E-state index in [1.807, 2.05) is 30.4 Å². The summed E-state index contributed by atoms with van der Waals surface area (Å²) in [5, 5.41) is 10.3. The number of esters is 1. The first-order chi connectivity index (χ1) is 12.0. The summed E-state index contributed by atoms with van der Waals surface area (Å²) in [7, 11) is 7.24. The molecule has 1 heterocycles. The van der Waals surface area contributed by atoms with Crippen molar-refractivity contribution in [3.05, 3.63) is 48.0 Å². The van der Waals surface area contributed by atoms with Crippen molar-refractivity contribution < 1.29 is 19.2 Å². The van der Waals surface area contributed by atoms with E-state index >= 15 is 0 Å². The predicted octanol–water partition coefficient (Wildman–Crippen LogP) is 3.78. The quantitative estimate of drug-likeness (QED) is 0.332. The second-order valence-corrected chi connectivity index (χ2v) is 9.15.